The van der Waals surface area contributed by atoms with E-state index in [1.165, 1.54) is 6.07 Å². The van der Waals surface area contributed by atoms with Crippen molar-refractivity contribution < 1.29 is 4.39 Å². The van der Waals surface area contributed by atoms with Crippen LogP contribution in [0.3, 0.4) is 0 Å². The van der Waals surface area contributed by atoms with Crippen molar-refractivity contribution in [3.05, 3.63) is 28.0 Å². The Bertz CT molecular complexity index is 432. The molecular formula is C11H13BrFN3. The van der Waals surface area contributed by atoms with Gasteiger partial charge >= 0.3 is 0 Å². The summed E-state index contributed by atoms with van der Waals surface area (Å²) in [5, 5.41) is 11.6. The Morgan fingerprint density at radius 2 is 2.19 bits per heavy atom. The third-order valence-corrected chi connectivity index (χ3v) is 2.71. The van der Waals surface area contributed by atoms with Crippen LogP contribution in [0, 0.1) is 17.1 Å². The molecule has 3 nitrogen and oxygen atoms in total. The molecule has 1 aromatic carbocycles. The second-order valence-corrected chi connectivity index (χ2v) is 5.04. The Kier molecular flexibility index (Phi) is 3.89. The lowest BCUT2D eigenvalue weighted by Crippen LogP contribution is -2.39. The van der Waals surface area contributed by atoms with Gasteiger partial charge in [0.05, 0.1) is 15.7 Å². The molecule has 0 aromatic heterocycles. The van der Waals surface area contributed by atoms with Gasteiger partial charge in [0.15, 0.2) is 5.82 Å². The second-order valence-electron chi connectivity index (χ2n) is 4.24. The monoisotopic (exact) mass is 285 g/mol. The molecular weight excluding hydrogens is 273 g/mol. The molecule has 0 aliphatic carbocycles. The number of rotatable bonds is 3. The van der Waals surface area contributed by atoms with E-state index in [0.717, 1.165) is 0 Å². The summed E-state index contributed by atoms with van der Waals surface area (Å²) in [4.78, 5) is 0. The quantitative estimate of drug-likeness (QED) is 0.897. The van der Waals surface area contributed by atoms with E-state index in [-0.39, 0.29) is 10.0 Å². The standard InChI is InChI=1S/C11H13BrFN3/c1-11(2,15)6-16-8-4-3-7(5-14)9(12)10(8)13/h3-4,16H,6,15H2,1-2H3. The molecule has 1 rings (SSSR count). The zero-order chi connectivity index (χ0) is 12.3. The van der Waals surface area contributed by atoms with Gasteiger partial charge in [0.25, 0.3) is 0 Å². The van der Waals surface area contributed by atoms with E-state index >= 15 is 0 Å². The van der Waals surface area contributed by atoms with Crippen LogP contribution in [-0.4, -0.2) is 12.1 Å². The lowest BCUT2D eigenvalue weighted by Gasteiger charge is -2.20. The summed E-state index contributed by atoms with van der Waals surface area (Å²) in [6.07, 6.45) is 0. The first-order chi connectivity index (χ1) is 7.35. The van der Waals surface area contributed by atoms with Crippen LogP contribution < -0.4 is 11.1 Å². The van der Waals surface area contributed by atoms with Crippen LogP contribution in [0.5, 0.6) is 0 Å². The van der Waals surface area contributed by atoms with Crippen molar-refractivity contribution in [3.63, 3.8) is 0 Å². The second kappa shape index (κ2) is 4.81. The number of anilines is 1. The average molecular weight is 286 g/mol. The highest BCUT2D eigenvalue weighted by atomic mass is 79.9. The van der Waals surface area contributed by atoms with Crippen LogP contribution in [0.25, 0.3) is 0 Å². The highest BCUT2D eigenvalue weighted by molar-refractivity contribution is 9.10. The first-order valence-corrected chi connectivity index (χ1v) is 5.55. The number of nitrogens with zero attached hydrogens (tertiary/aromatic N) is 1. The van der Waals surface area contributed by atoms with Crippen molar-refractivity contribution in [1.29, 1.82) is 5.26 Å². The molecule has 0 unspecified atom stereocenters. The van der Waals surface area contributed by atoms with Gasteiger partial charge in [-0.1, -0.05) is 0 Å². The fourth-order valence-corrected chi connectivity index (χ4v) is 1.53. The molecule has 0 aliphatic rings. The molecule has 0 aliphatic heterocycles. The number of halogens is 2. The van der Waals surface area contributed by atoms with Gasteiger partial charge in [0.2, 0.25) is 0 Å². The molecule has 0 saturated carbocycles. The highest BCUT2D eigenvalue weighted by Gasteiger charge is 2.14. The van der Waals surface area contributed by atoms with Gasteiger partial charge in [-0.05, 0) is 41.9 Å². The molecule has 3 N–H and O–H groups in total. The summed E-state index contributed by atoms with van der Waals surface area (Å²) in [6, 6.07) is 4.98. The summed E-state index contributed by atoms with van der Waals surface area (Å²) in [5.74, 6) is -0.469. The lowest BCUT2D eigenvalue weighted by atomic mass is 10.1. The van der Waals surface area contributed by atoms with E-state index < -0.39 is 11.4 Å². The smallest absolute Gasteiger partial charge is 0.161 e. The normalized spacial score (nSPS) is 11.0. The molecule has 1 aromatic rings. The summed E-state index contributed by atoms with van der Waals surface area (Å²) in [5.41, 5.74) is 5.97. The number of hydrogen-bond acceptors (Lipinski definition) is 3. The van der Waals surface area contributed by atoms with Gasteiger partial charge in [-0.3, -0.25) is 0 Å². The van der Waals surface area contributed by atoms with E-state index in [2.05, 4.69) is 21.2 Å². The van der Waals surface area contributed by atoms with E-state index in [1.807, 2.05) is 19.9 Å². The molecule has 0 fully saturated rings. The maximum Gasteiger partial charge on any atom is 0.161 e. The molecule has 5 heteroatoms. The first kappa shape index (κ1) is 12.9. The van der Waals surface area contributed by atoms with Gasteiger partial charge in [0.1, 0.15) is 6.07 Å². The Hall–Kier alpha value is -1.12. The fraction of sp³-hybridized carbons (Fsp3) is 0.364. The molecule has 0 bridgehead atoms. The third-order valence-electron chi connectivity index (χ3n) is 1.94. The fourth-order valence-electron chi connectivity index (χ4n) is 1.10. The number of nitriles is 1. The minimum atomic E-state index is -0.469. The predicted octanol–water partition coefficient (Wildman–Crippen LogP) is 2.61. The van der Waals surface area contributed by atoms with E-state index in [1.54, 1.807) is 6.07 Å². The molecule has 0 saturated heterocycles. The average Bonchev–Trinajstić information content (AvgIpc) is 2.19. The molecule has 0 radical (unpaired) electrons. The Morgan fingerprint density at radius 1 is 1.56 bits per heavy atom. The van der Waals surface area contributed by atoms with Gasteiger partial charge < -0.3 is 11.1 Å². The lowest BCUT2D eigenvalue weighted by molar-refractivity contribution is 0.545. The van der Waals surface area contributed by atoms with Crippen LogP contribution >= 0.6 is 15.9 Å². The zero-order valence-electron chi connectivity index (χ0n) is 9.14. The predicted molar refractivity (Wildman–Crippen MR) is 65.6 cm³/mol. The van der Waals surface area contributed by atoms with Crippen molar-refractivity contribution in [1.82, 2.24) is 0 Å². The minimum absolute atomic E-state index is 0.176. The minimum Gasteiger partial charge on any atom is -0.381 e. The molecule has 0 heterocycles. The van der Waals surface area contributed by atoms with Gasteiger partial charge in [-0.2, -0.15) is 5.26 Å². The highest BCUT2D eigenvalue weighted by Crippen LogP contribution is 2.26. The Morgan fingerprint density at radius 3 is 2.69 bits per heavy atom. The third kappa shape index (κ3) is 3.19. The Labute approximate surface area is 103 Å². The first-order valence-electron chi connectivity index (χ1n) is 4.76. The van der Waals surface area contributed by atoms with Crippen molar-refractivity contribution >= 4 is 21.6 Å². The van der Waals surface area contributed by atoms with Crippen LogP contribution in [0.4, 0.5) is 10.1 Å². The van der Waals surface area contributed by atoms with Gasteiger partial charge in [0, 0.05) is 12.1 Å². The van der Waals surface area contributed by atoms with Gasteiger partial charge in [-0.25, -0.2) is 4.39 Å². The molecule has 86 valence electrons. The summed E-state index contributed by atoms with van der Waals surface area (Å²) in [6.45, 7) is 4.13. The van der Waals surface area contributed by atoms with Crippen LogP contribution in [0.15, 0.2) is 16.6 Å². The molecule has 16 heavy (non-hydrogen) atoms. The topological polar surface area (TPSA) is 61.8 Å². The van der Waals surface area contributed by atoms with Gasteiger partial charge in [-0.15, -0.1) is 0 Å². The van der Waals surface area contributed by atoms with Crippen molar-refractivity contribution in [2.24, 2.45) is 5.73 Å². The van der Waals surface area contributed by atoms with Crippen LogP contribution in [0.1, 0.15) is 19.4 Å². The molecule has 0 amide bonds. The summed E-state index contributed by atoms with van der Waals surface area (Å²) < 4.78 is 13.9. The number of benzene rings is 1. The van der Waals surface area contributed by atoms with E-state index in [9.17, 15) is 4.39 Å². The van der Waals surface area contributed by atoms with Crippen molar-refractivity contribution in [2.45, 2.75) is 19.4 Å². The Balaban J connectivity index is 2.92. The zero-order valence-corrected chi connectivity index (χ0v) is 10.7. The summed E-state index contributed by atoms with van der Waals surface area (Å²) >= 11 is 3.04. The van der Waals surface area contributed by atoms with E-state index in [0.29, 0.717) is 12.2 Å². The van der Waals surface area contributed by atoms with Crippen LogP contribution in [-0.2, 0) is 0 Å². The maximum atomic E-state index is 13.7. The summed E-state index contributed by atoms with van der Waals surface area (Å²) in [7, 11) is 0. The number of nitrogens with one attached hydrogen (secondary N) is 1. The molecule has 0 spiro atoms. The van der Waals surface area contributed by atoms with Crippen molar-refractivity contribution in [2.75, 3.05) is 11.9 Å². The maximum absolute atomic E-state index is 13.7. The molecule has 0 atom stereocenters. The SMILES string of the molecule is CC(C)(N)CNc1ccc(C#N)c(Br)c1F. The largest absolute Gasteiger partial charge is 0.381 e. The van der Waals surface area contributed by atoms with E-state index in [4.69, 9.17) is 11.0 Å². The number of nitrogens with two attached hydrogens (primary N) is 1. The van der Waals surface area contributed by atoms with Crippen LogP contribution in [0.2, 0.25) is 0 Å². The van der Waals surface area contributed by atoms with Crippen molar-refractivity contribution in [3.8, 4) is 6.07 Å². The number of hydrogen-bond donors (Lipinski definition) is 2.